The molecule has 134 valence electrons. The second kappa shape index (κ2) is 6.95. The van der Waals surface area contributed by atoms with Gasteiger partial charge in [-0.2, -0.15) is 4.68 Å². The highest BCUT2D eigenvalue weighted by atomic mass is 16.6. The van der Waals surface area contributed by atoms with Crippen molar-refractivity contribution in [2.45, 2.75) is 6.92 Å². The Labute approximate surface area is 150 Å². The van der Waals surface area contributed by atoms with Crippen LogP contribution in [0, 0.1) is 0 Å². The van der Waals surface area contributed by atoms with Gasteiger partial charge in [0, 0.05) is 26.2 Å². The van der Waals surface area contributed by atoms with E-state index in [2.05, 4.69) is 25.2 Å². The minimum Gasteiger partial charge on any atom is -0.450 e. The minimum atomic E-state index is -0.269. The van der Waals surface area contributed by atoms with Crippen LogP contribution < -0.4 is 4.90 Å². The number of aromatic nitrogens is 5. The molecule has 0 atom stereocenters. The van der Waals surface area contributed by atoms with Crippen molar-refractivity contribution < 1.29 is 9.53 Å². The number of anilines is 1. The maximum absolute atomic E-state index is 11.8. The predicted molar refractivity (Wildman–Crippen MR) is 95.3 cm³/mol. The molecule has 1 aromatic carbocycles. The molecular weight excluding hydrogens is 334 g/mol. The van der Waals surface area contributed by atoms with Crippen LogP contribution in [0.2, 0.25) is 0 Å². The van der Waals surface area contributed by atoms with Crippen LogP contribution in [0.1, 0.15) is 6.92 Å². The van der Waals surface area contributed by atoms with Gasteiger partial charge < -0.3 is 14.5 Å². The molecule has 9 heteroatoms. The van der Waals surface area contributed by atoms with Crippen molar-refractivity contribution in [2.24, 2.45) is 0 Å². The summed E-state index contributed by atoms with van der Waals surface area (Å²) in [6.45, 7) is 4.66. The minimum absolute atomic E-state index is 0.269. The molecule has 0 aliphatic carbocycles. The molecule has 0 radical (unpaired) electrons. The molecule has 1 fully saturated rings. The number of para-hydroxylation sites is 1. The lowest BCUT2D eigenvalue weighted by Crippen LogP contribution is -2.49. The Hall–Kier alpha value is -3.23. The fourth-order valence-corrected chi connectivity index (χ4v) is 3.03. The average molecular weight is 353 g/mol. The zero-order chi connectivity index (χ0) is 17.9. The van der Waals surface area contributed by atoms with Crippen LogP contribution >= 0.6 is 0 Å². The van der Waals surface area contributed by atoms with Crippen LogP contribution in [0.3, 0.4) is 0 Å². The number of nitrogens with zero attached hydrogens (tertiary/aromatic N) is 7. The lowest BCUT2D eigenvalue weighted by molar-refractivity contribution is 0.105. The van der Waals surface area contributed by atoms with Crippen molar-refractivity contribution in [1.29, 1.82) is 0 Å². The van der Waals surface area contributed by atoms with Gasteiger partial charge in [0.1, 0.15) is 6.33 Å². The number of ether oxygens (including phenoxy) is 1. The summed E-state index contributed by atoms with van der Waals surface area (Å²) < 4.78 is 6.77. The lowest BCUT2D eigenvalue weighted by Gasteiger charge is -2.34. The standard InChI is InChI=1S/C17H19N7O2/c1-2-26-17(25)23-10-8-22(9-11-23)15-14-16(19-12-18-15)24(21-20-14)13-6-4-3-5-7-13/h3-7,12H,2,8-11H2,1H3. The smallest absolute Gasteiger partial charge is 0.409 e. The van der Waals surface area contributed by atoms with Gasteiger partial charge in [-0.1, -0.05) is 23.4 Å². The number of carbonyl (C=O) groups is 1. The number of rotatable bonds is 3. The number of benzene rings is 1. The summed E-state index contributed by atoms with van der Waals surface area (Å²) >= 11 is 0. The molecule has 9 nitrogen and oxygen atoms in total. The summed E-state index contributed by atoms with van der Waals surface area (Å²) in [5, 5.41) is 8.54. The molecule has 1 saturated heterocycles. The topological polar surface area (TPSA) is 89.3 Å². The highest BCUT2D eigenvalue weighted by Gasteiger charge is 2.25. The number of amides is 1. The Morgan fingerprint density at radius 1 is 1.12 bits per heavy atom. The van der Waals surface area contributed by atoms with Crippen molar-refractivity contribution in [3.63, 3.8) is 0 Å². The Kier molecular flexibility index (Phi) is 4.34. The van der Waals surface area contributed by atoms with E-state index in [0.29, 0.717) is 43.9 Å². The Bertz CT molecular complexity index is 904. The maximum Gasteiger partial charge on any atom is 0.409 e. The van der Waals surface area contributed by atoms with Gasteiger partial charge in [-0.15, -0.1) is 5.10 Å². The maximum atomic E-state index is 11.8. The van der Waals surface area contributed by atoms with Gasteiger partial charge in [0.25, 0.3) is 0 Å². The molecule has 0 bridgehead atoms. The Morgan fingerprint density at radius 3 is 2.62 bits per heavy atom. The average Bonchev–Trinajstić information content (AvgIpc) is 3.13. The molecule has 0 saturated carbocycles. The molecule has 0 unspecified atom stereocenters. The van der Waals surface area contributed by atoms with Crippen LogP contribution in [0.4, 0.5) is 10.6 Å². The first-order valence-corrected chi connectivity index (χ1v) is 8.56. The largest absolute Gasteiger partial charge is 0.450 e. The monoisotopic (exact) mass is 353 g/mol. The molecular formula is C17H19N7O2. The lowest BCUT2D eigenvalue weighted by atomic mass is 10.3. The second-order valence-corrected chi connectivity index (χ2v) is 5.88. The van der Waals surface area contributed by atoms with E-state index >= 15 is 0 Å². The van der Waals surface area contributed by atoms with E-state index < -0.39 is 0 Å². The molecule has 3 aromatic rings. The summed E-state index contributed by atoms with van der Waals surface area (Å²) in [7, 11) is 0. The van der Waals surface area contributed by atoms with Gasteiger partial charge in [0.2, 0.25) is 0 Å². The van der Waals surface area contributed by atoms with Gasteiger partial charge in [0.05, 0.1) is 12.3 Å². The quantitative estimate of drug-likeness (QED) is 0.705. The first-order chi connectivity index (χ1) is 12.8. The summed E-state index contributed by atoms with van der Waals surface area (Å²) in [5.41, 5.74) is 2.21. The summed E-state index contributed by atoms with van der Waals surface area (Å²) in [5.74, 6) is 0.737. The van der Waals surface area contributed by atoms with Gasteiger partial charge in [0.15, 0.2) is 17.0 Å². The summed E-state index contributed by atoms with van der Waals surface area (Å²) in [4.78, 5) is 24.4. The van der Waals surface area contributed by atoms with Gasteiger partial charge >= 0.3 is 6.09 Å². The third-order valence-electron chi connectivity index (χ3n) is 4.32. The summed E-state index contributed by atoms with van der Waals surface area (Å²) in [6, 6.07) is 9.74. The normalized spacial score (nSPS) is 14.7. The third-order valence-corrected chi connectivity index (χ3v) is 4.32. The second-order valence-electron chi connectivity index (χ2n) is 5.88. The molecule has 26 heavy (non-hydrogen) atoms. The van der Waals surface area contributed by atoms with Crippen molar-refractivity contribution >= 4 is 23.1 Å². The Balaban J connectivity index is 1.59. The van der Waals surface area contributed by atoms with E-state index in [0.717, 1.165) is 11.5 Å². The molecule has 2 aromatic heterocycles. The van der Waals surface area contributed by atoms with E-state index in [4.69, 9.17) is 4.74 Å². The van der Waals surface area contributed by atoms with Gasteiger partial charge in [-0.25, -0.2) is 14.8 Å². The molecule has 1 amide bonds. The number of fused-ring (bicyclic) bond motifs is 1. The molecule has 4 rings (SSSR count). The molecule has 3 heterocycles. The first-order valence-electron chi connectivity index (χ1n) is 8.56. The SMILES string of the molecule is CCOC(=O)N1CCN(c2ncnc3c2nnn3-c2ccccc2)CC1. The molecule has 0 N–H and O–H groups in total. The van der Waals surface area contributed by atoms with E-state index in [-0.39, 0.29) is 6.09 Å². The van der Waals surface area contributed by atoms with Crippen molar-refractivity contribution in [2.75, 3.05) is 37.7 Å². The number of piperazine rings is 1. The fraction of sp³-hybridized carbons (Fsp3) is 0.353. The number of hydrogen-bond acceptors (Lipinski definition) is 7. The van der Waals surface area contributed by atoms with Crippen LogP contribution in [-0.2, 0) is 4.74 Å². The fourth-order valence-electron chi connectivity index (χ4n) is 3.03. The summed E-state index contributed by atoms with van der Waals surface area (Å²) in [6.07, 6.45) is 1.26. The first kappa shape index (κ1) is 16.2. The zero-order valence-electron chi connectivity index (χ0n) is 14.4. The number of carbonyl (C=O) groups excluding carboxylic acids is 1. The van der Waals surface area contributed by atoms with E-state index in [1.165, 1.54) is 6.33 Å². The van der Waals surface area contributed by atoms with Crippen molar-refractivity contribution in [1.82, 2.24) is 29.9 Å². The molecule has 1 aliphatic heterocycles. The zero-order valence-corrected chi connectivity index (χ0v) is 14.4. The highest BCUT2D eigenvalue weighted by Crippen LogP contribution is 2.23. The van der Waals surface area contributed by atoms with Gasteiger partial charge in [-0.05, 0) is 19.1 Å². The van der Waals surface area contributed by atoms with E-state index in [1.54, 1.807) is 9.58 Å². The van der Waals surface area contributed by atoms with Crippen LogP contribution in [-0.4, -0.2) is 68.7 Å². The predicted octanol–water partition coefficient (Wildman–Crippen LogP) is 1.49. The van der Waals surface area contributed by atoms with Crippen molar-refractivity contribution in [3.8, 4) is 5.69 Å². The van der Waals surface area contributed by atoms with E-state index in [1.807, 2.05) is 37.3 Å². The van der Waals surface area contributed by atoms with E-state index in [9.17, 15) is 4.79 Å². The Morgan fingerprint density at radius 2 is 1.88 bits per heavy atom. The van der Waals surface area contributed by atoms with Crippen molar-refractivity contribution in [3.05, 3.63) is 36.7 Å². The molecule has 0 spiro atoms. The molecule has 1 aliphatic rings. The third kappa shape index (κ3) is 2.92. The highest BCUT2D eigenvalue weighted by molar-refractivity contribution is 5.83. The van der Waals surface area contributed by atoms with Crippen LogP contribution in [0.25, 0.3) is 16.9 Å². The number of hydrogen-bond donors (Lipinski definition) is 0. The van der Waals surface area contributed by atoms with Crippen LogP contribution in [0.15, 0.2) is 36.7 Å². The van der Waals surface area contributed by atoms with Gasteiger partial charge in [-0.3, -0.25) is 0 Å². The van der Waals surface area contributed by atoms with Crippen LogP contribution in [0.5, 0.6) is 0 Å².